The van der Waals surface area contributed by atoms with Crippen molar-refractivity contribution in [2.45, 2.75) is 18.3 Å². The maximum absolute atomic E-state index is 12.5. The number of carboxylic acids is 1. The molecule has 114 valence electrons. The number of hydrogen-bond donors (Lipinski definition) is 2. The van der Waals surface area contributed by atoms with Crippen LogP contribution in [0.15, 0.2) is 42.5 Å². The molecule has 2 aromatic carbocycles. The summed E-state index contributed by atoms with van der Waals surface area (Å²) in [4.78, 5) is 24.0. The van der Waals surface area contributed by atoms with Gasteiger partial charge in [-0.2, -0.15) is 5.26 Å². The van der Waals surface area contributed by atoms with E-state index in [1.54, 1.807) is 30.3 Å². The first-order valence-corrected chi connectivity index (χ1v) is 7.10. The number of aryl methyl sites for hydroxylation is 1. The molecule has 2 N–H and O–H groups in total. The van der Waals surface area contributed by atoms with Gasteiger partial charge < -0.3 is 10.2 Å². The van der Waals surface area contributed by atoms with Crippen molar-refractivity contribution in [3.05, 3.63) is 64.7 Å². The summed E-state index contributed by atoms with van der Waals surface area (Å²) in [6.07, 6.45) is 0.515. The van der Waals surface area contributed by atoms with E-state index in [0.29, 0.717) is 17.5 Å². The molecule has 1 unspecified atom stereocenters. The third-order valence-electron chi connectivity index (χ3n) is 4.29. The van der Waals surface area contributed by atoms with E-state index in [0.717, 1.165) is 0 Å². The van der Waals surface area contributed by atoms with Gasteiger partial charge in [0, 0.05) is 5.56 Å². The van der Waals surface area contributed by atoms with Crippen molar-refractivity contribution in [3.63, 3.8) is 0 Å². The fourth-order valence-corrected chi connectivity index (χ4v) is 3.01. The van der Waals surface area contributed by atoms with Gasteiger partial charge in [-0.3, -0.25) is 9.59 Å². The largest absolute Gasteiger partial charge is 0.507 e. The van der Waals surface area contributed by atoms with Crippen molar-refractivity contribution >= 4 is 11.8 Å². The quantitative estimate of drug-likeness (QED) is 0.848. The average Bonchev–Trinajstić information content (AvgIpc) is 2.93. The number of fused-ring (bicyclic) bond motifs is 1. The highest BCUT2D eigenvalue weighted by Crippen LogP contribution is 2.42. The lowest BCUT2D eigenvalue weighted by Gasteiger charge is -2.17. The van der Waals surface area contributed by atoms with E-state index in [-0.39, 0.29) is 29.1 Å². The third kappa shape index (κ3) is 2.16. The number of benzene rings is 2. The number of phenolic OH excluding ortho intramolecular Hbond substituents is 1. The van der Waals surface area contributed by atoms with Gasteiger partial charge in [-0.05, 0) is 36.1 Å². The van der Waals surface area contributed by atoms with Crippen LogP contribution in [0, 0.1) is 11.3 Å². The van der Waals surface area contributed by atoms with E-state index in [1.807, 2.05) is 6.07 Å². The summed E-state index contributed by atoms with van der Waals surface area (Å²) in [7, 11) is 0. The Morgan fingerprint density at radius 1 is 1.17 bits per heavy atom. The van der Waals surface area contributed by atoms with Crippen LogP contribution in [0.5, 0.6) is 5.75 Å². The lowest BCUT2D eigenvalue weighted by molar-refractivity contribution is -0.141. The summed E-state index contributed by atoms with van der Waals surface area (Å²) in [6.45, 7) is 0. The molecule has 0 bridgehead atoms. The number of rotatable bonds is 3. The zero-order valence-electron chi connectivity index (χ0n) is 12.1. The number of ketones is 1. The first-order valence-electron chi connectivity index (χ1n) is 7.10. The van der Waals surface area contributed by atoms with Crippen LogP contribution in [0.3, 0.4) is 0 Å². The maximum Gasteiger partial charge on any atom is 0.328 e. The molecule has 0 saturated carbocycles. The molecular weight excluding hydrogens is 294 g/mol. The highest BCUT2D eigenvalue weighted by Gasteiger charge is 2.47. The number of phenols is 1. The van der Waals surface area contributed by atoms with Crippen LogP contribution in [0.1, 0.15) is 33.5 Å². The van der Waals surface area contributed by atoms with Crippen molar-refractivity contribution in [1.29, 1.82) is 5.26 Å². The lowest BCUT2D eigenvalue weighted by atomic mass is 9.83. The van der Waals surface area contributed by atoms with Crippen molar-refractivity contribution < 1.29 is 19.8 Å². The fourth-order valence-electron chi connectivity index (χ4n) is 3.01. The Morgan fingerprint density at radius 2 is 1.87 bits per heavy atom. The molecule has 1 aliphatic carbocycles. The summed E-state index contributed by atoms with van der Waals surface area (Å²) in [6, 6.07) is 13.1. The van der Waals surface area contributed by atoms with Crippen LogP contribution >= 0.6 is 0 Å². The number of aliphatic carboxylic acids is 1. The Labute approximate surface area is 132 Å². The molecule has 0 spiro atoms. The molecule has 2 aromatic rings. The van der Waals surface area contributed by atoms with Crippen molar-refractivity contribution in [2.24, 2.45) is 0 Å². The molecule has 0 saturated heterocycles. The molecule has 0 aliphatic heterocycles. The molecule has 0 radical (unpaired) electrons. The van der Waals surface area contributed by atoms with Gasteiger partial charge in [0.25, 0.3) is 0 Å². The third-order valence-corrected chi connectivity index (χ3v) is 4.29. The fraction of sp³-hybridized carbons (Fsp3) is 0.167. The molecule has 0 aromatic heterocycles. The van der Waals surface area contributed by atoms with Gasteiger partial charge in [-0.15, -0.1) is 0 Å². The Morgan fingerprint density at radius 3 is 2.48 bits per heavy atom. The summed E-state index contributed by atoms with van der Waals surface area (Å²) in [5, 5.41) is 28.9. The minimum Gasteiger partial charge on any atom is -0.507 e. The Kier molecular flexibility index (Phi) is 3.38. The molecular formula is C18H13NO4. The van der Waals surface area contributed by atoms with Gasteiger partial charge in [0.05, 0.1) is 11.6 Å². The standard InChI is InChI=1S/C18H13NO4/c19-10-18(17(22)23)7-6-12-8-13(15(20)9-14(12)18)16(21)11-4-2-1-3-5-11/h1-5,8-9,20H,6-7H2,(H,22,23). The minimum absolute atomic E-state index is 0.120. The molecule has 0 amide bonds. The number of hydrogen-bond acceptors (Lipinski definition) is 4. The van der Waals surface area contributed by atoms with E-state index in [9.17, 15) is 25.1 Å². The summed E-state index contributed by atoms with van der Waals surface area (Å²) >= 11 is 0. The van der Waals surface area contributed by atoms with Gasteiger partial charge in [-0.1, -0.05) is 30.3 Å². The van der Waals surface area contributed by atoms with Crippen molar-refractivity contribution in [2.75, 3.05) is 0 Å². The Bertz CT molecular complexity index is 851. The Balaban J connectivity index is 2.11. The zero-order valence-corrected chi connectivity index (χ0v) is 12.1. The summed E-state index contributed by atoms with van der Waals surface area (Å²) in [5.41, 5.74) is -0.207. The van der Waals surface area contributed by atoms with Crippen molar-refractivity contribution in [1.82, 2.24) is 0 Å². The second-order valence-electron chi connectivity index (χ2n) is 5.54. The summed E-state index contributed by atoms with van der Waals surface area (Å²) in [5.74, 6) is -1.88. The number of carboxylic acid groups (broad SMARTS) is 1. The highest BCUT2D eigenvalue weighted by molar-refractivity contribution is 6.11. The smallest absolute Gasteiger partial charge is 0.328 e. The molecule has 0 heterocycles. The van der Waals surface area contributed by atoms with E-state index < -0.39 is 11.4 Å². The highest BCUT2D eigenvalue weighted by atomic mass is 16.4. The van der Waals surface area contributed by atoms with Gasteiger partial charge >= 0.3 is 5.97 Å². The average molecular weight is 307 g/mol. The number of carbonyl (C=O) groups excluding carboxylic acids is 1. The second kappa shape index (κ2) is 5.25. The number of carbonyl (C=O) groups is 2. The molecule has 0 fully saturated rings. The number of nitriles is 1. The van der Waals surface area contributed by atoms with Gasteiger partial charge in [0.15, 0.2) is 11.2 Å². The predicted molar refractivity (Wildman–Crippen MR) is 81.2 cm³/mol. The van der Waals surface area contributed by atoms with E-state index >= 15 is 0 Å². The summed E-state index contributed by atoms with van der Waals surface area (Å²) < 4.78 is 0. The Hall–Kier alpha value is -3.13. The van der Waals surface area contributed by atoms with E-state index in [2.05, 4.69) is 0 Å². The number of nitrogens with zero attached hydrogens (tertiary/aromatic N) is 1. The second-order valence-corrected chi connectivity index (χ2v) is 5.54. The molecule has 5 heteroatoms. The molecule has 3 rings (SSSR count). The van der Waals surface area contributed by atoms with Crippen LogP contribution in [0.25, 0.3) is 0 Å². The molecule has 1 atom stereocenters. The normalized spacial score (nSPS) is 18.9. The van der Waals surface area contributed by atoms with E-state index in [1.165, 1.54) is 12.1 Å². The lowest BCUT2D eigenvalue weighted by Crippen LogP contribution is -2.31. The van der Waals surface area contributed by atoms with Crippen molar-refractivity contribution in [3.8, 4) is 11.8 Å². The molecule has 23 heavy (non-hydrogen) atoms. The van der Waals surface area contributed by atoms with Gasteiger partial charge in [0.1, 0.15) is 5.75 Å². The predicted octanol–water partition coefficient (Wildman–Crippen LogP) is 2.42. The zero-order chi connectivity index (χ0) is 16.6. The maximum atomic E-state index is 12.5. The van der Waals surface area contributed by atoms with Crippen LogP contribution in [-0.2, 0) is 16.6 Å². The molecule has 1 aliphatic rings. The minimum atomic E-state index is -1.65. The SMILES string of the molecule is N#CC1(C(=O)O)CCc2cc(C(=O)c3ccccc3)c(O)cc21. The van der Waals surface area contributed by atoms with Gasteiger partial charge in [0.2, 0.25) is 0 Å². The number of aromatic hydroxyl groups is 1. The van der Waals surface area contributed by atoms with E-state index in [4.69, 9.17) is 0 Å². The molecule has 5 nitrogen and oxygen atoms in total. The monoisotopic (exact) mass is 307 g/mol. The first kappa shape index (κ1) is 14.8. The van der Waals surface area contributed by atoms with Gasteiger partial charge in [-0.25, -0.2) is 0 Å². The van der Waals surface area contributed by atoms with Crippen LogP contribution in [-0.4, -0.2) is 22.0 Å². The topological polar surface area (TPSA) is 98.4 Å². The van der Waals surface area contributed by atoms with Crippen LogP contribution < -0.4 is 0 Å². The van der Waals surface area contributed by atoms with Crippen LogP contribution in [0.2, 0.25) is 0 Å². The first-order chi connectivity index (χ1) is 11.0. The van der Waals surface area contributed by atoms with Crippen LogP contribution in [0.4, 0.5) is 0 Å².